The lowest BCUT2D eigenvalue weighted by molar-refractivity contribution is -0.135. The number of nitrogens with zero attached hydrogens (tertiary/aromatic N) is 7. The van der Waals surface area contributed by atoms with Crippen LogP contribution in [0.3, 0.4) is 0 Å². The maximum absolute atomic E-state index is 15.0. The van der Waals surface area contributed by atoms with Crippen molar-refractivity contribution in [3.8, 4) is 23.0 Å². The first kappa shape index (κ1) is 23.4. The third kappa shape index (κ3) is 4.05. The average molecular weight is 484 g/mol. The van der Waals surface area contributed by atoms with Crippen molar-refractivity contribution < 1.29 is 9.18 Å². The van der Waals surface area contributed by atoms with Crippen LogP contribution in [0.15, 0.2) is 55.1 Å². The summed E-state index contributed by atoms with van der Waals surface area (Å²) in [7, 11) is 0. The molecule has 8 nitrogen and oxygen atoms in total. The van der Waals surface area contributed by atoms with Gasteiger partial charge in [0.05, 0.1) is 17.0 Å². The number of pyridine rings is 1. The van der Waals surface area contributed by atoms with Crippen molar-refractivity contribution in [1.82, 2.24) is 24.4 Å². The number of halogens is 1. The largest absolute Gasteiger partial charge is 0.350 e. The number of anilines is 1. The molecule has 1 atom stereocenters. The second-order valence-corrected chi connectivity index (χ2v) is 9.28. The van der Waals surface area contributed by atoms with Crippen LogP contribution in [0.25, 0.3) is 28.0 Å². The SMILES string of the molecule is CC(C)C(=O)N1CCN(c2ncnc3c2c(-c2ccccc2F)cn3-c2cc(C#N)ccn2)[C@@H](C)C1. The van der Waals surface area contributed by atoms with Gasteiger partial charge in [-0.3, -0.25) is 9.36 Å². The lowest BCUT2D eigenvalue weighted by Gasteiger charge is -2.41. The summed E-state index contributed by atoms with van der Waals surface area (Å²) >= 11 is 0. The van der Waals surface area contributed by atoms with Gasteiger partial charge in [0.2, 0.25) is 5.91 Å². The first-order chi connectivity index (χ1) is 17.4. The van der Waals surface area contributed by atoms with Crippen LogP contribution in [-0.4, -0.2) is 56.0 Å². The van der Waals surface area contributed by atoms with Gasteiger partial charge in [0.1, 0.15) is 23.8 Å². The monoisotopic (exact) mass is 483 g/mol. The summed E-state index contributed by atoms with van der Waals surface area (Å²) in [5, 5.41) is 10.1. The molecule has 4 heterocycles. The van der Waals surface area contributed by atoms with E-state index in [1.165, 1.54) is 12.4 Å². The molecule has 1 aliphatic heterocycles. The number of hydrogen-bond donors (Lipinski definition) is 0. The highest BCUT2D eigenvalue weighted by atomic mass is 19.1. The van der Waals surface area contributed by atoms with Crippen LogP contribution in [0.5, 0.6) is 0 Å². The molecule has 1 fully saturated rings. The summed E-state index contributed by atoms with van der Waals surface area (Å²) in [5.74, 6) is 0.901. The topological polar surface area (TPSA) is 90.9 Å². The van der Waals surface area contributed by atoms with Gasteiger partial charge in [-0.2, -0.15) is 5.26 Å². The highest BCUT2D eigenvalue weighted by Gasteiger charge is 2.31. The van der Waals surface area contributed by atoms with Crippen LogP contribution in [0.4, 0.5) is 10.2 Å². The molecule has 0 N–H and O–H groups in total. The quantitative estimate of drug-likeness (QED) is 0.432. The van der Waals surface area contributed by atoms with Crippen LogP contribution in [0.2, 0.25) is 0 Å². The van der Waals surface area contributed by atoms with Gasteiger partial charge < -0.3 is 9.80 Å². The lowest BCUT2D eigenvalue weighted by Crippen LogP contribution is -2.54. The Morgan fingerprint density at radius 3 is 2.67 bits per heavy atom. The zero-order valence-corrected chi connectivity index (χ0v) is 20.4. The smallest absolute Gasteiger partial charge is 0.225 e. The second-order valence-electron chi connectivity index (χ2n) is 9.28. The molecular weight excluding hydrogens is 457 g/mol. The number of amides is 1. The van der Waals surface area contributed by atoms with Crippen LogP contribution in [0, 0.1) is 23.1 Å². The Balaban J connectivity index is 1.68. The number of rotatable bonds is 4. The van der Waals surface area contributed by atoms with Crippen LogP contribution in [0.1, 0.15) is 26.3 Å². The minimum absolute atomic E-state index is 0.00332. The Kier molecular flexibility index (Phi) is 6.10. The molecule has 0 radical (unpaired) electrons. The molecule has 182 valence electrons. The van der Waals surface area contributed by atoms with Crippen molar-refractivity contribution in [1.29, 1.82) is 5.26 Å². The fourth-order valence-electron chi connectivity index (χ4n) is 4.78. The minimum Gasteiger partial charge on any atom is -0.350 e. The van der Waals surface area contributed by atoms with Crippen molar-refractivity contribution in [2.24, 2.45) is 5.92 Å². The molecule has 1 amide bonds. The minimum atomic E-state index is -0.356. The fourth-order valence-corrected chi connectivity index (χ4v) is 4.78. The summed E-state index contributed by atoms with van der Waals surface area (Å²) in [4.78, 5) is 30.3. The third-order valence-corrected chi connectivity index (χ3v) is 6.55. The van der Waals surface area contributed by atoms with E-state index in [0.717, 1.165) is 0 Å². The number of carbonyl (C=O) groups is 1. The Morgan fingerprint density at radius 2 is 1.94 bits per heavy atom. The maximum atomic E-state index is 15.0. The fraction of sp³-hybridized carbons (Fsp3) is 0.296. The molecule has 5 rings (SSSR count). The number of nitriles is 1. The van der Waals surface area contributed by atoms with Gasteiger partial charge in [-0.1, -0.05) is 32.0 Å². The van der Waals surface area contributed by atoms with Crippen molar-refractivity contribution in [2.75, 3.05) is 24.5 Å². The molecule has 0 bridgehead atoms. The number of benzene rings is 1. The Hall–Kier alpha value is -4.32. The van der Waals surface area contributed by atoms with Crippen LogP contribution < -0.4 is 4.90 Å². The van der Waals surface area contributed by atoms with Gasteiger partial charge in [0.25, 0.3) is 0 Å². The van der Waals surface area contributed by atoms with Crippen molar-refractivity contribution in [2.45, 2.75) is 26.8 Å². The van der Waals surface area contributed by atoms with E-state index in [4.69, 9.17) is 0 Å². The summed E-state index contributed by atoms with van der Waals surface area (Å²) in [5.41, 5.74) is 2.09. The molecule has 36 heavy (non-hydrogen) atoms. The molecule has 0 spiro atoms. The number of hydrogen-bond acceptors (Lipinski definition) is 6. The molecule has 0 aliphatic carbocycles. The number of aromatic nitrogens is 4. The summed E-state index contributed by atoms with van der Waals surface area (Å²) in [6, 6.07) is 12.0. The van der Waals surface area contributed by atoms with Crippen molar-refractivity contribution >= 4 is 22.8 Å². The molecule has 1 aromatic carbocycles. The molecule has 4 aromatic rings. The van der Waals surface area contributed by atoms with Crippen LogP contribution >= 0.6 is 0 Å². The van der Waals surface area contributed by atoms with E-state index >= 15 is 4.39 Å². The first-order valence-corrected chi connectivity index (χ1v) is 11.9. The van der Waals surface area contributed by atoms with Gasteiger partial charge in [0.15, 0.2) is 5.65 Å². The molecule has 0 saturated carbocycles. The molecule has 9 heteroatoms. The molecule has 1 aliphatic rings. The zero-order chi connectivity index (χ0) is 25.4. The van der Waals surface area contributed by atoms with Gasteiger partial charge in [0, 0.05) is 55.1 Å². The maximum Gasteiger partial charge on any atom is 0.225 e. The first-order valence-electron chi connectivity index (χ1n) is 11.9. The standard InChI is InChI=1S/C27H26FN7O/c1-17(2)27(36)33-10-11-34(18(3)14-33)25-24-21(20-6-4-5-7-22(20)28)15-35(26(24)32-16-31-25)23-12-19(13-29)8-9-30-23/h4-9,12,15-18H,10-11,14H2,1-3H3/t18-/m0/s1. The average Bonchev–Trinajstić information content (AvgIpc) is 3.28. The normalized spacial score (nSPS) is 15.9. The van der Waals surface area contributed by atoms with Gasteiger partial charge in [-0.05, 0) is 25.1 Å². The summed E-state index contributed by atoms with van der Waals surface area (Å²) in [6.45, 7) is 7.62. The van der Waals surface area contributed by atoms with Crippen molar-refractivity contribution in [3.63, 3.8) is 0 Å². The predicted molar refractivity (Wildman–Crippen MR) is 135 cm³/mol. The summed E-state index contributed by atoms with van der Waals surface area (Å²) in [6.07, 6.45) is 4.86. The Labute approximate surface area is 208 Å². The Bertz CT molecular complexity index is 1490. The van der Waals surface area contributed by atoms with Crippen molar-refractivity contribution in [3.05, 3.63) is 66.5 Å². The molecular formula is C27H26FN7O. The van der Waals surface area contributed by atoms with Gasteiger partial charge in [-0.25, -0.2) is 19.3 Å². The predicted octanol–water partition coefficient (Wildman–Crippen LogP) is 4.19. The van der Waals surface area contributed by atoms with E-state index in [9.17, 15) is 10.1 Å². The second kappa shape index (κ2) is 9.38. The molecule has 3 aromatic heterocycles. The number of piperazine rings is 1. The highest BCUT2D eigenvalue weighted by molar-refractivity contribution is 6.02. The highest BCUT2D eigenvalue weighted by Crippen LogP contribution is 2.38. The van der Waals surface area contributed by atoms with E-state index in [1.807, 2.05) is 18.7 Å². The number of fused-ring (bicyclic) bond motifs is 1. The molecule has 1 saturated heterocycles. The van der Waals surface area contributed by atoms with Gasteiger partial charge in [-0.15, -0.1) is 0 Å². The van der Waals surface area contributed by atoms with E-state index in [2.05, 4.69) is 32.8 Å². The molecule has 0 unspecified atom stereocenters. The van der Waals surface area contributed by atoms with Crippen LogP contribution in [-0.2, 0) is 4.79 Å². The van der Waals surface area contributed by atoms with E-state index in [1.54, 1.807) is 47.3 Å². The van der Waals surface area contributed by atoms with Gasteiger partial charge >= 0.3 is 0 Å². The van der Waals surface area contributed by atoms with E-state index in [0.29, 0.717) is 59.0 Å². The van der Waals surface area contributed by atoms with E-state index in [-0.39, 0.29) is 23.7 Å². The zero-order valence-electron chi connectivity index (χ0n) is 20.4. The lowest BCUT2D eigenvalue weighted by atomic mass is 10.0. The Morgan fingerprint density at radius 1 is 1.14 bits per heavy atom. The number of carbonyl (C=O) groups excluding carboxylic acids is 1. The summed E-state index contributed by atoms with van der Waals surface area (Å²) < 4.78 is 16.8. The third-order valence-electron chi connectivity index (χ3n) is 6.55. The van der Waals surface area contributed by atoms with E-state index < -0.39 is 0 Å².